The van der Waals surface area contributed by atoms with Crippen molar-refractivity contribution in [2.45, 2.75) is 6.54 Å². The van der Waals surface area contributed by atoms with Crippen molar-refractivity contribution in [3.8, 4) is 22.6 Å². The number of ether oxygens (including phenoxy) is 2. The van der Waals surface area contributed by atoms with Crippen molar-refractivity contribution in [2.75, 3.05) is 33.6 Å². The van der Waals surface area contributed by atoms with Crippen LogP contribution >= 0.6 is 0 Å². The topological polar surface area (TPSA) is 33.7 Å². The maximum absolute atomic E-state index is 15.2. The van der Waals surface area contributed by atoms with Crippen LogP contribution in [0.1, 0.15) is 5.56 Å². The van der Waals surface area contributed by atoms with E-state index in [-0.39, 0.29) is 5.75 Å². The Morgan fingerprint density at radius 1 is 0.929 bits per heavy atom. The largest absolute Gasteiger partial charge is 0.497 e. The third-order valence-electron chi connectivity index (χ3n) is 4.41. The lowest BCUT2D eigenvalue weighted by Gasteiger charge is -2.16. The molecule has 3 aromatic rings. The Morgan fingerprint density at radius 3 is 2.32 bits per heavy atom. The van der Waals surface area contributed by atoms with Gasteiger partial charge in [0.2, 0.25) is 0 Å². The van der Waals surface area contributed by atoms with Crippen molar-refractivity contribution in [2.24, 2.45) is 0 Å². The first-order valence-electron chi connectivity index (χ1n) is 9.03. The fourth-order valence-electron chi connectivity index (χ4n) is 3.08. The second-order valence-corrected chi connectivity index (χ2v) is 6.80. The molecule has 3 aromatic carbocycles. The summed E-state index contributed by atoms with van der Waals surface area (Å²) in [6.07, 6.45) is 0. The number of nitrogens with zero attached hydrogens (tertiary/aromatic N) is 1. The zero-order valence-corrected chi connectivity index (χ0v) is 16.6. The highest BCUT2D eigenvalue weighted by Crippen LogP contribution is 2.37. The van der Waals surface area contributed by atoms with Gasteiger partial charge in [-0.15, -0.1) is 0 Å². The Morgan fingerprint density at radius 2 is 1.68 bits per heavy atom. The van der Waals surface area contributed by atoms with Gasteiger partial charge in [0.1, 0.15) is 5.75 Å². The summed E-state index contributed by atoms with van der Waals surface area (Å²) in [5.41, 5.74) is 3.85. The fourth-order valence-corrected chi connectivity index (χ4v) is 3.08. The zero-order chi connectivity index (χ0) is 20.1. The van der Waals surface area contributed by atoms with Crippen molar-refractivity contribution in [3.63, 3.8) is 0 Å². The summed E-state index contributed by atoms with van der Waals surface area (Å²) in [5.74, 6) is 0.443. The Balaban J connectivity index is 1.89. The number of halogens is 1. The first kappa shape index (κ1) is 19.7. The predicted octanol–water partition coefficient (Wildman–Crippen LogP) is 5.32. The van der Waals surface area contributed by atoms with Crippen molar-refractivity contribution in [3.05, 3.63) is 72.0 Å². The number of rotatable bonds is 7. The maximum atomic E-state index is 15.2. The summed E-state index contributed by atoms with van der Waals surface area (Å²) in [4.78, 5) is 2.11. The number of methoxy groups -OCH3 is 2. The number of hydrogen-bond donors (Lipinski definition) is 1. The van der Waals surface area contributed by atoms with Gasteiger partial charge in [-0.3, -0.25) is 0 Å². The summed E-state index contributed by atoms with van der Waals surface area (Å²) in [5, 5.41) is 3.24. The van der Waals surface area contributed by atoms with Gasteiger partial charge >= 0.3 is 0 Å². The molecule has 4 nitrogen and oxygen atoms in total. The lowest BCUT2D eigenvalue weighted by molar-refractivity contribution is 0.389. The van der Waals surface area contributed by atoms with Gasteiger partial charge in [-0.2, -0.15) is 0 Å². The van der Waals surface area contributed by atoms with E-state index < -0.39 is 5.82 Å². The quantitative estimate of drug-likeness (QED) is 0.602. The molecular weight excluding hydrogens is 355 g/mol. The Labute approximate surface area is 165 Å². The highest BCUT2D eigenvalue weighted by atomic mass is 19.1. The molecule has 0 heterocycles. The lowest BCUT2D eigenvalue weighted by atomic mass is 10.0. The molecule has 0 amide bonds. The van der Waals surface area contributed by atoms with Crippen LogP contribution in [-0.2, 0) is 6.54 Å². The van der Waals surface area contributed by atoms with E-state index in [9.17, 15) is 0 Å². The highest BCUT2D eigenvalue weighted by molar-refractivity contribution is 5.75. The van der Waals surface area contributed by atoms with E-state index in [1.54, 1.807) is 19.2 Å². The van der Waals surface area contributed by atoms with Crippen LogP contribution < -0.4 is 14.8 Å². The molecular formula is C23H25FN2O2. The Kier molecular flexibility index (Phi) is 6.16. The predicted molar refractivity (Wildman–Crippen MR) is 112 cm³/mol. The van der Waals surface area contributed by atoms with E-state index in [2.05, 4.69) is 22.3 Å². The van der Waals surface area contributed by atoms with Crippen LogP contribution in [0.2, 0.25) is 0 Å². The molecule has 0 aliphatic heterocycles. The number of nitrogens with one attached hydrogen (secondary N) is 1. The third-order valence-corrected chi connectivity index (χ3v) is 4.41. The lowest BCUT2D eigenvalue weighted by Crippen LogP contribution is -2.10. The number of benzene rings is 3. The van der Waals surface area contributed by atoms with Gasteiger partial charge < -0.3 is 19.7 Å². The van der Waals surface area contributed by atoms with Gasteiger partial charge in [-0.25, -0.2) is 4.39 Å². The van der Waals surface area contributed by atoms with Crippen LogP contribution in [0.3, 0.4) is 0 Å². The Hall–Kier alpha value is -3.05. The van der Waals surface area contributed by atoms with Gasteiger partial charge in [0.05, 0.1) is 19.9 Å². The van der Waals surface area contributed by atoms with Crippen molar-refractivity contribution >= 4 is 11.4 Å². The zero-order valence-electron chi connectivity index (χ0n) is 16.6. The van der Waals surface area contributed by atoms with Gasteiger partial charge in [-0.1, -0.05) is 24.3 Å². The van der Waals surface area contributed by atoms with Crippen LogP contribution in [0.4, 0.5) is 15.8 Å². The molecule has 0 saturated carbocycles. The minimum atomic E-state index is -0.412. The average molecular weight is 380 g/mol. The van der Waals surface area contributed by atoms with E-state index >= 15 is 4.39 Å². The van der Waals surface area contributed by atoms with Gasteiger partial charge in [-0.05, 0) is 61.6 Å². The van der Waals surface area contributed by atoms with Crippen LogP contribution in [0.15, 0.2) is 60.7 Å². The number of hydrogen-bond acceptors (Lipinski definition) is 4. The molecule has 3 rings (SSSR count). The summed E-state index contributed by atoms with van der Waals surface area (Å²) in [7, 11) is 7.12. The molecule has 146 valence electrons. The first-order valence-corrected chi connectivity index (χ1v) is 9.03. The molecule has 0 saturated heterocycles. The molecule has 5 heteroatoms. The van der Waals surface area contributed by atoms with Crippen LogP contribution in [-0.4, -0.2) is 33.2 Å². The number of anilines is 2. The monoisotopic (exact) mass is 380 g/mol. The first-order chi connectivity index (χ1) is 13.5. The van der Waals surface area contributed by atoms with E-state index in [4.69, 9.17) is 9.47 Å². The van der Waals surface area contributed by atoms with Gasteiger partial charge in [0.25, 0.3) is 0 Å². The summed E-state index contributed by atoms with van der Waals surface area (Å²) < 4.78 is 25.8. The average Bonchev–Trinajstić information content (AvgIpc) is 2.69. The van der Waals surface area contributed by atoms with Crippen molar-refractivity contribution < 1.29 is 13.9 Å². The van der Waals surface area contributed by atoms with E-state index in [1.807, 2.05) is 50.5 Å². The molecule has 0 radical (unpaired) electrons. The third kappa shape index (κ3) is 4.43. The Bertz CT molecular complexity index is 940. The highest BCUT2D eigenvalue weighted by Gasteiger charge is 2.16. The van der Waals surface area contributed by atoms with Crippen LogP contribution in [0, 0.1) is 5.82 Å². The molecule has 0 aliphatic carbocycles. The van der Waals surface area contributed by atoms with E-state index in [1.165, 1.54) is 12.7 Å². The SMILES string of the molecule is COc1cccc(-c2ccc(Nc3ccc(CN(C)C)cc3)c(OC)c2F)c1. The van der Waals surface area contributed by atoms with Gasteiger partial charge in [0.15, 0.2) is 11.6 Å². The molecule has 0 bridgehead atoms. The minimum absolute atomic E-state index is 0.178. The molecule has 0 unspecified atom stereocenters. The van der Waals surface area contributed by atoms with Crippen molar-refractivity contribution in [1.29, 1.82) is 0 Å². The maximum Gasteiger partial charge on any atom is 0.178 e. The van der Waals surface area contributed by atoms with Crippen LogP contribution in [0.25, 0.3) is 11.1 Å². The fraction of sp³-hybridized carbons (Fsp3) is 0.217. The second-order valence-electron chi connectivity index (χ2n) is 6.80. The summed E-state index contributed by atoms with van der Waals surface area (Å²) in [6.45, 7) is 0.869. The van der Waals surface area contributed by atoms with Crippen molar-refractivity contribution in [1.82, 2.24) is 4.90 Å². The van der Waals surface area contributed by atoms with Crippen LogP contribution in [0.5, 0.6) is 11.5 Å². The normalized spacial score (nSPS) is 10.8. The smallest absolute Gasteiger partial charge is 0.178 e. The molecule has 28 heavy (non-hydrogen) atoms. The minimum Gasteiger partial charge on any atom is -0.497 e. The molecule has 0 spiro atoms. The summed E-state index contributed by atoms with van der Waals surface area (Å²) in [6, 6.07) is 18.9. The molecule has 0 atom stereocenters. The van der Waals surface area contributed by atoms with E-state index in [0.29, 0.717) is 17.0 Å². The standard InChI is InChI=1S/C23H25FN2O2/c1-26(2)15-16-8-10-18(11-9-16)25-21-13-12-20(22(24)23(21)28-4)17-6-5-7-19(14-17)27-3/h5-14,25H,15H2,1-4H3. The molecule has 0 aromatic heterocycles. The summed E-state index contributed by atoms with van der Waals surface area (Å²) >= 11 is 0. The molecule has 0 aliphatic rings. The molecule has 0 fully saturated rings. The second kappa shape index (κ2) is 8.76. The van der Waals surface area contributed by atoms with Gasteiger partial charge in [0, 0.05) is 17.8 Å². The molecule has 1 N–H and O–H groups in total. The van der Waals surface area contributed by atoms with E-state index in [0.717, 1.165) is 17.8 Å².